The minimum absolute atomic E-state index is 0.448. The standard InChI is InChI=1S/C23H29NO2/c1-2-26-22-13-6-10-19(14-22)23(25)15-20-11-7-12-21(16-23)24(20)17-18-8-4-3-5-9-18/h3-6,8-10,13-14,20-21,25H,2,7,11-12,15-17H2,1H3. The first-order valence-corrected chi connectivity index (χ1v) is 9.93. The largest absolute Gasteiger partial charge is 0.494 e. The molecule has 26 heavy (non-hydrogen) atoms. The van der Waals surface area contributed by atoms with E-state index < -0.39 is 5.60 Å². The first-order chi connectivity index (χ1) is 12.7. The summed E-state index contributed by atoms with van der Waals surface area (Å²) >= 11 is 0. The van der Waals surface area contributed by atoms with Crippen LogP contribution in [0, 0.1) is 0 Å². The molecule has 0 aliphatic carbocycles. The lowest BCUT2D eigenvalue weighted by Gasteiger charge is -2.52. The molecule has 0 aromatic heterocycles. The first kappa shape index (κ1) is 17.6. The molecule has 2 aromatic rings. The highest BCUT2D eigenvalue weighted by atomic mass is 16.5. The maximum Gasteiger partial charge on any atom is 0.119 e. The van der Waals surface area contributed by atoms with Crippen molar-refractivity contribution in [2.45, 2.75) is 63.3 Å². The van der Waals surface area contributed by atoms with Crippen molar-refractivity contribution < 1.29 is 9.84 Å². The summed E-state index contributed by atoms with van der Waals surface area (Å²) < 4.78 is 5.65. The van der Waals surface area contributed by atoms with E-state index in [1.54, 1.807) is 0 Å². The lowest BCUT2D eigenvalue weighted by atomic mass is 9.72. The molecule has 3 heteroatoms. The van der Waals surface area contributed by atoms with Crippen molar-refractivity contribution in [3.8, 4) is 5.75 Å². The minimum atomic E-state index is -0.740. The Kier molecular flexibility index (Phi) is 5.01. The zero-order valence-electron chi connectivity index (χ0n) is 15.6. The van der Waals surface area contributed by atoms with Crippen LogP contribution in [0.15, 0.2) is 54.6 Å². The van der Waals surface area contributed by atoms with Crippen LogP contribution in [0.4, 0.5) is 0 Å². The van der Waals surface area contributed by atoms with E-state index in [9.17, 15) is 5.11 Å². The van der Waals surface area contributed by atoms with Crippen molar-refractivity contribution in [1.82, 2.24) is 4.90 Å². The number of piperidine rings is 2. The van der Waals surface area contributed by atoms with Gasteiger partial charge in [-0.1, -0.05) is 48.9 Å². The van der Waals surface area contributed by atoms with Crippen molar-refractivity contribution in [3.05, 3.63) is 65.7 Å². The first-order valence-electron chi connectivity index (χ1n) is 9.93. The molecule has 2 fully saturated rings. The van der Waals surface area contributed by atoms with Crippen LogP contribution in [-0.4, -0.2) is 28.7 Å². The Labute approximate surface area is 156 Å². The molecule has 2 aliphatic rings. The number of nitrogens with zero attached hydrogens (tertiary/aromatic N) is 1. The van der Waals surface area contributed by atoms with Crippen LogP contribution in [-0.2, 0) is 12.1 Å². The number of benzene rings is 2. The van der Waals surface area contributed by atoms with E-state index in [4.69, 9.17) is 4.74 Å². The Bertz CT molecular complexity index is 716. The van der Waals surface area contributed by atoms with E-state index in [1.165, 1.54) is 24.8 Å². The molecule has 0 saturated carbocycles. The van der Waals surface area contributed by atoms with Gasteiger partial charge in [-0.2, -0.15) is 0 Å². The lowest BCUT2D eigenvalue weighted by molar-refractivity contribution is -0.1000. The van der Waals surface area contributed by atoms with Crippen LogP contribution in [0.1, 0.15) is 50.2 Å². The maximum atomic E-state index is 11.5. The summed E-state index contributed by atoms with van der Waals surface area (Å²) in [7, 11) is 0. The van der Waals surface area contributed by atoms with E-state index in [0.717, 1.165) is 30.7 Å². The topological polar surface area (TPSA) is 32.7 Å². The van der Waals surface area contributed by atoms with Crippen molar-refractivity contribution in [2.24, 2.45) is 0 Å². The van der Waals surface area contributed by atoms with Gasteiger partial charge in [-0.05, 0) is 55.9 Å². The smallest absolute Gasteiger partial charge is 0.119 e. The summed E-state index contributed by atoms with van der Waals surface area (Å²) in [5, 5.41) is 11.5. The SMILES string of the molecule is CCOc1cccc(C2(O)CC3CCCC(C2)N3Cc2ccccc2)c1. The van der Waals surface area contributed by atoms with E-state index in [2.05, 4.69) is 41.3 Å². The molecule has 138 valence electrons. The van der Waals surface area contributed by atoms with Gasteiger partial charge in [-0.25, -0.2) is 0 Å². The third-order valence-electron chi connectivity index (χ3n) is 6.05. The highest BCUT2D eigenvalue weighted by molar-refractivity contribution is 5.33. The van der Waals surface area contributed by atoms with Gasteiger partial charge in [0, 0.05) is 18.6 Å². The van der Waals surface area contributed by atoms with Gasteiger partial charge in [0.2, 0.25) is 0 Å². The second-order valence-corrected chi connectivity index (χ2v) is 7.80. The van der Waals surface area contributed by atoms with Crippen LogP contribution < -0.4 is 4.74 Å². The second kappa shape index (κ2) is 7.42. The van der Waals surface area contributed by atoms with E-state index in [1.807, 2.05) is 25.1 Å². The molecule has 0 spiro atoms. The fraction of sp³-hybridized carbons (Fsp3) is 0.478. The van der Waals surface area contributed by atoms with Gasteiger partial charge < -0.3 is 9.84 Å². The number of fused-ring (bicyclic) bond motifs is 2. The van der Waals surface area contributed by atoms with Crippen LogP contribution in [0.2, 0.25) is 0 Å². The number of ether oxygens (including phenoxy) is 1. The van der Waals surface area contributed by atoms with Crippen molar-refractivity contribution >= 4 is 0 Å². The van der Waals surface area contributed by atoms with Gasteiger partial charge in [-0.15, -0.1) is 0 Å². The van der Waals surface area contributed by atoms with Gasteiger partial charge in [0.1, 0.15) is 5.75 Å². The molecule has 2 saturated heterocycles. The van der Waals surface area contributed by atoms with E-state index in [-0.39, 0.29) is 0 Å². The second-order valence-electron chi connectivity index (χ2n) is 7.80. The molecule has 2 unspecified atom stereocenters. The monoisotopic (exact) mass is 351 g/mol. The normalized spacial score (nSPS) is 28.7. The molecule has 0 amide bonds. The number of hydrogen-bond acceptors (Lipinski definition) is 3. The number of hydrogen-bond donors (Lipinski definition) is 1. The summed E-state index contributed by atoms with van der Waals surface area (Å²) in [6.45, 7) is 3.64. The molecule has 0 radical (unpaired) electrons. The average Bonchev–Trinajstić information content (AvgIpc) is 2.64. The molecular formula is C23H29NO2. The quantitative estimate of drug-likeness (QED) is 0.861. The molecule has 2 heterocycles. The summed E-state index contributed by atoms with van der Waals surface area (Å²) in [4.78, 5) is 2.64. The summed E-state index contributed by atoms with van der Waals surface area (Å²) in [5.41, 5.74) is 1.64. The summed E-state index contributed by atoms with van der Waals surface area (Å²) in [6, 6.07) is 19.7. The van der Waals surface area contributed by atoms with Crippen molar-refractivity contribution in [2.75, 3.05) is 6.61 Å². The highest BCUT2D eigenvalue weighted by Gasteiger charge is 2.46. The van der Waals surface area contributed by atoms with Gasteiger partial charge in [0.05, 0.1) is 12.2 Å². The molecule has 4 rings (SSSR count). The Balaban J connectivity index is 1.56. The zero-order chi connectivity index (χ0) is 18.0. The third-order valence-corrected chi connectivity index (χ3v) is 6.05. The number of rotatable bonds is 5. The van der Waals surface area contributed by atoms with Crippen LogP contribution >= 0.6 is 0 Å². The van der Waals surface area contributed by atoms with Crippen molar-refractivity contribution in [3.63, 3.8) is 0 Å². The van der Waals surface area contributed by atoms with E-state index >= 15 is 0 Å². The van der Waals surface area contributed by atoms with Gasteiger partial charge in [0.15, 0.2) is 0 Å². The van der Waals surface area contributed by atoms with Crippen LogP contribution in [0.5, 0.6) is 5.75 Å². The molecule has 2 atom stereocenters. The summed E-state index contributed by atoms with van der Waals surface area (Å²) in [5.74, 6) is 0.857. The molecule has 2 aliphatic heterocycles. The van der Waals surface area contributed by atoms with Crippen LogP contribution in [0.25, 0.3) is 0 Å². The van der Waals surface area contributed by atoms with Gasteiger partial charge in [-0.3, -0.25) is 4.90 Å². The third kappa shape index (κ3) is 3.51. The van der Waals surface area contributed by atoms with Crippen LogP contribution in [0.3, 0.4) is 0 Å². The Hall–Kier alpha value is -1.84. The Morgan fingerprint density at radius 2 is 1.77 bits per heavy atom. The zero-order valence-corrected chi connectivity index (χ0v) is 15.6. The Morgan fingerprint density at radius 3 is 2.46 bits per heavy atom. The summed E-state index contributed by atoms with van der Waals surface area (Å²) in [6.07, 6.45) is 5.25. The molecule has 1 N–H and O–H groups in total. The predicted molar refractivity (Wildman–Crippen MR) is 104 cm³/mol. The minimum Gasteiger partial charge on any atom is -0.494 e. The predicted octanol–water partition coefficient (Wildman–Crippen LogP) is 4.49. The molecular weight excluding hydrogens is 322 g/mol. The molecule has 3 nitrogen and oxygen atoms in total. The van der Waals surface area contributed by atoms with Crippen molar-refractivity contribution in [1.29, 1.82) is 0 Å². The lowest BCUT2D eigenvalue weighted by Crippen LogP contribution is -2.56. The Morgan fingerprint density at radius 1 is 1.04 bits per heavy atom. The number of aliphatic hydroxyl groups is 1. The molecule has 2 aromatic carbocycles. The average molecular weight is 351 g/mol. The highest BCUT2D eigenvalue weighted by Crippen LogP contribution is 2.45. The van der Waals surface area contributed by atoms with Gasteiger partial charge >= 0.3 is 0 Å². The fourth-order valence-corrected chi connectivity index (χ4v) is 4.85. The van der Waals surface area contributed by atoms with E-state index in [0.29, 0.717) is 18.7 Å². The van der Waals surface area contributed by atoms with Gasteiger partial charge in [0.25, 0.3) is 0 Å². The maximum absolute atomic E-state index is 11.5. The fourth-order valence-electron chi connectivity index (χ4n) is 4.85. The molecule has 2 bridgehead atoms.